The van der Waals surface area contributed by atoms with Crippen LogP contribution in [-0.2, 0) is 39.2 Å². The topological polar surface area (TPSA) is 165 Å². The van der Waals surface area contributed by atoms with Crippen LogP contribution in [0.2, 0.25) is 0 Å². The van der Waals surface area contributed by atoms with E-state index in [4.69, 9.17) is 14.2 Å². The van der Waals surface area contributed by atoms with Crippen molar-refractivity contribution in [3.8, 4) is 5.75 Å². The molecule has 6 aliphatic rings. The number of nitrogens with one attached hydrogen (secondary N) is 1. The molecule has 3 saturated heterocycles. The van der Waals surface area contributed by atoms with Crippen molar-refractivity contribution in [2.45, 2.75) is 52.8 Å². The molecular weight excluding hydrogens is 647 g/mol. The van der Waals surface area contributed by atoms with Gasteiger partial charge in [-0.2, -0.15) is 0 Å². The number of ether oxygens (including phenoxy) is 3. The molecule has 0 saturated carbocycles. The molecule has 4 aromatic rings. The Bertz CT molecular complexity index is 2210. The molecule has 47 heavy (non-hydrogen) atoms. The summed E-state index contributed by atoms with van der Waals surface area (Å²) in [6.45, 7) is 0. The van der Waals surface area contributed by atoms with Crippen molar-refractivity contribution in [3.05, 3.63) is 107 Å². The zero-order valence-electron chi connectivity index (χ0n) is 24.4. The Hall–Kier alpha value is -4.14. The van der Waals surface area contributed by atoms with Gasteiger partial charge in [0.05, 0.1) is 23.0 Å². The maximum absolute atomic E-state index is 14.1. The maximum atomic E-state index is 14.1. The highest BCUT2D eigenvalue weighted by Crippen LogP contribution is 2.56. The second kappa shape index (κ2) is 9.94. The van der Waals surface area contributed by atoms with E-state index in [9.17, 15) is 31.0 Å². The lowest BCUT2D eigenvalue weighted by Gasteiger charge is -2.44. The first-order valence-corrected chi connectivity index (χ1v) is 18.2. The Kier molecular flexibility index (Phi) is 6.14. The lowest BCUT2D eigenvalue weighted by molar-refractivity contribution is -0.162. The number of benzene rings is 4. The van der Waals surface area contributed by atoms with Crippen LogP contribution in [0.3, 0.4) is 0 Å². The van der Waals surface area contributed by atoms with Gasteiger partial charge in [0.15, 0.2) is 0 Å². The molecule has 3 aliphatic carbocycles. The SMILES string of the molecule is O=C(OC1C2NS(=O)(=O)C3C2OC1C3C(=O)Oc1ccc(S(=O)(=O)[O-])c2ccccc12)C1CC2c3ccccc3C1c1ccccc12. The Balaban J connectivity index is 1.03. The minimum absolute atomic E-state index is 0.0103. The normalized spacial score (nSPS) is 32.1. The lowest BCUT2D eigenvalue weighted by Crippen LogP contribution is -2.52. The van der Waals surface area contributed by atoms with Crippen LogP contribution in [-0.4, -0.2) is 62.9 Å². The fourth-order valence-electron chi connectivity index (χ4n) is 8.69. The number of fused-ring (bicyclic) bond motifs is 3. The van der Waals surface area contributed by atoms with Crippen LogP contribution in [0.15, 0.2) is 89.8 Å². The maximum Gasteiger partial charge on any atom is 0.318 e. The molecule has 7 unspecified atom stereocenters. The monoisotopic (exact) mass is 672 g/mol. The molecule has 0 aromatic heterocycles. The van der Waals surface area contributed by atoms with Crippen LogP contribution in [0, 0.1) is 11.8 Å². The van der Waals surface area contributed by atoms with Crippen molar-refractivity contribution >= 4 is 42.9 Å². The molecule has 1 N–H and O–H groups in total. The van der Waals surface area contributed by atoms with E-state index in [0.29, 0.717) is 6.42 Å². The average molecular weight is 673 g/mol. The molecule has 0 radical (unpaired) electrons. The predicted octanol–water partition coefficient (Wildman–Crippen LogP) is 2.93. The van der Waals surface area contributed by atoms with Crippen LogP contribution in [0.4, 0.5) is 0 Å². The van der Waals surface area contributed by atoms with Crippen LogP contribution >= 0.6 is 0 Å². The Labute approximate surface area is 269 Å². The van der Waals surface area contributed by atoms with Gasteiger partial charge in [-0.1, -0.05) is 72.8 Å². The predicted molar refractivity (Wildman–Crippen MR) is 164 cm³/mol. The van der Waals surface area contributed by atoms with Gasteiger partial charge >= 0.3 is 11.9 Å². The van der Waals surface area contributed by atoms with Crippen molar-refractivity contribution in [1.29, 1.82) is 0 Å². The highest BCUT2D eigenvalue weighted by atomic mass is 32.2. The summed E-state index contributed by atoms with van der Waals surface area (Å²) in [5.74, 6) is -3.55. The number of hydrogen-bond acceptors (Lipinski definition) is 10. The van der Waals surface area contributed by atoms with Crippen molar-refractivity contribution in [2.24, 2.45) is 11.8 Å². The van der Waals surface area contributed by atoms with Crippen LogP contribution in [0.25, 0.3) is 10.8 Å². The molecule has 4 aromatic carbocycles. The second-order valence-electron chi connectivity index (χ2n) is 12.8. The molecule has 11 nitrogen and oxygen atoms in total. The zero-order valence-corrected chi connectivity index (χ0v) is 26.0. The van der Waals surface area contributed by atoms with Gasteiger partial charge in [0, 0.05) is 22.6 Å². The number of esters is 2. The first-order valence-electron chi connectivity index (χ1n) is 15.3. The summed E-state index contributed by atoms with van der Waals surface area (Å²) in [6.07, 6.45) is -2.57. The molecule has 4 bridgehead atoms. The highest BCUT2D eigenvalue weighted by Gasteiger charge is 2.72. The number of rotatable bonds is 5. The largest absolute Gasteiger partial charge is 0.744 e. The van der Waals surface area contributed by atoms with E-state index in [-0.39, 0.29) is 28.4 Å². The fraction of sp³-hybridized carbons (Fsp3) is 0.294. The van der Waals surface area contributed by atoms with Gasteiger partial charge < -0.3 is 18.8 Å². The Morgan fingerprint density at radius 1 is 0.809 bits per heavy atom. The number of hydrogen-bond donors (Lipinski definition) is 1. The minimum atomic E-state index is -4.83. The summed E-state index contributed by atoms with van der Waals surface area (Å²) >= 11 is 0. The summed E-state index contributed by atoms with van der Waals surface area (Å²) < 4.78 is 82.6. The Morgan fingerprint density at radius 2 is 1.43 bits per heavy atom. The van der Waals surface area contributed by atoms with Gasteiger partial charge in [-0.15, -0.1) is 0 Å². The summed E-state index contributed by atoms with van der Waals surface area (Å²) in [5, 5.41) is -1.02. The van der Waals surface area contributed by atoms with Crippen LogP contribution in [0.5, 0.6) is 5.75 Å². The van der Waals surface area contributed by atoms with Crippen LogP contribution < -0.4 is 9.46 Å². The van der Waals surface area contributed by atoms with E-state index in [1.165, 1.54) is 35.4 Å². The molecule has 3 fully saturated rings. The van der Waals surface area contributed by atoms with Gasteiger partial charge in [0.25, 0.3) is 0 Å². The zero-order chi connectivity index (χ0) is 32.4. The standard InChI is InChI=1S/C34H27NO10S2/c36-33(23-15-22-16-7-1-5-11-20(16)26(23)21-12-6-2-8-17(21)22)45-30-28-31-32(46(38,39)35-28)27(29(30)44-31)34(37)43-24-13-14-25(47(40,41)42)19-10-4-3-9-18(19)24/h1-14,22-23,26-32,35H,15H2,(H,40,41,42)/p-1. The van der Waals surface area contributed by atoms with E-state index in [2.05, 4.69) is 16.9 Å². The van der Waals surface area contributed by atoms with E-state index in [1.807, 2.05) is 36.4 Å². The van der Waals surface area contributed by atoms with E-state index in [0.717, 1.165) is 17.2 Å². The van der Waals surface area contributed by atoms with Gasteiger partial charge in [0.2, 0.25) is 10.0 Å². The highest BCUT2D eigenvalue weighted by molar-refractivity contribution is 7.90. The first kappa shape index (κ1) is 29.0. The van der Waals surface area contributed by atoms with Crippen LogP contribution in [0.1, 0.15) is 40.5 Å². The van der Waals surface area contributed by atoms with Crippen molar-refractivity contribution in [1.82, 2.24) is 4.72 Å². The number of carbonyl (C=O) groups is 2. The van der Waals surface area contributed by atoms with Gasteiger partial charge in [-0.05, 0) is 40.8 Å². The third-order valence-corrected chi connectivity index (χ3v) is 13.3. The smallest absolute Gasteiger partial charge is 0.318 e. The molecule has 7 atom stereocenters. The molecule has 13 heteroatoms. The number of carbonyl (C=O) groups excluding carboxylic acids is 2. The summed E-state index contributed by atoms with van der Waals surface area (Å²) in [7, 11) is -8.89. The Morgan fingerprint density at radius 3 is 2.09 bits per heavy atom. The summed E-state index contributed by atoms with van der Waals surface area (Å²) in [5.41, 5.74) is 4.51. The van der Waals surface area contributed by atoms with Crippen molar-refractivity contribution in [2.75, 3.05) is 0 Å². The molecule has 3 aliphatic heterocycles. The number of sulfonamides is 1. The van der Waals surface area contributed by atoms with Gasteiger partial charge in [-0.3, -0.25) is 9.59 Å². The van der Waals surface area contributed by atoms with Gasteiger partial charge in [0.1, 0.15) is 39.2 Å². The first-order chi connectivity index (χ1) is 22.5. The molecule has 240 valence electrons. The molecule has 3 heterocycles. The molecule has 10 rings (SSSR count). The summed E-state index contributed by atoms with van der Waals surface area (Å²) in [6, 6.07) is 23.6. The third-order valence-electron chi connectivity index (χ3n) is 10.5. The van der Waals surface area contributed by atoms with Crippen molar-refractivity contribution in [3.63, 3.8) is 0 Å². The minimum Gasteiger partial charge on any atom is -0.744 e. The summed E-state index contributed by atoms with van der Waals surface area (Å²) in [4.78, 5) is 27.4. The average Bonchev–Trinajstić information content (AvgIpc) is 3.67. The fourth-order valence-corrected chi connectivity index (χ4v) is 11.4. The second-order valence-corrected chi connectivity index (χ2v) is 16.0. The molecule has 0 amide bonds. The third kappa shape index (κ3) is 4.13. The van der Waals surface area contributed by atoms with E-state index in [1.54, 1.807) is 6.07 Å². The molecular formula is C34H26NO10S2-. The van der Waals surface area contributed by atoms with Gasteiger partial charge in [-0.25, -0.2) is 21.6 Å². The van der Waals surface area contributed by atoms with E-state index >= 15 is 0 Å². The molecule has 0 spiro atoms. The van der Waals surface area contributed by atoms with E-state index < -0.39 is 78.4 Å². The lowest BCUT2D eigenvalue weighted by atomic mass is 9.59. The quantitative estimate of drug-likeness (QED) is 0.189. The van der Waals surface area contributed by atoms with Crippen molar-refractivity contribution < 1.29 is 45.2 Å².